The van der Waals surface area contributed by atoms with Crippen molar-refractivity contribution in [2.24, 2.45) is 11.7 Å². The summed E-state index contributed by atoms with van der Waals surface area (Å²) in [6.07, 6.45) is 4.05. The SMILES string of the molecule is Nc1nc(NCc2ccccc2F)nc(C[C@H]2CC[C@H](N)CC2)c1[N+](=O)[O-]. The second kappa shape index (κ2) is 8.26. The van der Waals surface area contributed by atoms with Crippen LogP contribution in [0.1, 0.15) is 36.9 Å². The Hall–Kier alpha value is -2.81. The predicted molar refractivity (Wildman–Crippen MR) is 100 cm³/mol. The zero-order valence-electron chi connectivity index (χ0n) is 14.9. The highest BCUT2D eigenvalue weighted by Crippen LogP contribution is 2.31. The first kappa shape index (κ1) is 19.0. The Morgan fingerprint density at radius 2 is 1.93 bits per heavy atom. The van der Waals surface area contributed by atoms with E-state index in [-0.39, 0.29) is 41.8 Å². The van der Waals surface area contributed by atoms with Gasteiger partial charge in [-0.3, -0.25) is 10.1 Å². The van der Waals surface area contributed by atoms with E-state index in [9.17, 15) is 14.5 Å². The van der Waals surface area contributed by atoms with E-state index in [1.807, 2.05) is 0 Å². The van der Waals surface area contributed by atoms with Gasteiger partial charge in [0.05, 0.1) is 4.92 Å². The van der Waals surface area contributed by atoms with Gasteiger partial charge in [0.25, 0.3) is 0 Å². The van der Waals surface area contributed by atoms with Gasteiger partial charge in [-0.05, 0) is 44.1 Å². The van der Waals surface area contributed by atoms with Crippen molar-refractivity contribution in [1.29, 1.82) is 0 Å². The first-order valence-corrected chi connectivity index (χ1v) is 8.97. The molecule has 0 amide bonds. The van der Waals surface area contributed by atoms with Crippen molar-refractivity contribution in [1.82, 2.24) is 9.97 Å². The molecule has 1 heterocycles. The second-order valence-electron chi connectivity index (χ2n) is 6.91. The molecule has 0 bridgehead atoms. The summed E-state index contributed by atoms with van der Waals surface area (Å²) in [4.78, 5) is 19.2. The van der Waals surface area contributed by atoms with E-state index in [1.54, 1.807) is 18.2 Å². The molecule has 0 saturated heterocycles. The van der Waals surface area contributed by atoms with Crippen LogP contribution in [0, 0.1) is 21.8 Å². The number of benzene rings is 1. The van der Waals surface area contributed by atoms with Gasteiger partial charge >= 0.3 is 5.69 Å². The molecule has 0 radical (unpaired) electrons. The Bertz CT molecular complexity index is 823. The van der Waals surface area contributed by atoms with Crippen molar-refractivity contribution in [3.63, 3.8) is 0 Å². The van der Waals surface area contributed by atoms with Gasteiger partial charge in [-0.25, -0.2) is 9.37 Å². The second-order valence-corrected chi connectivity index (χ2v) is 6.91. The standard InChI is InChI=1S/C18H23FN6O2/c19-14-4-2-1-3-12(14)10-22-18-23-15(16(25(26)27)17(21)24-18)9-11-5-7-13(20)8-6-11/h1-4,11,13H,5-10,20H2,(H3,21,22,23,24)/t11-,13-. The normalized spacial score (nSPS) is 19.6. The van der Waals surface area contributed by atoms with Gasteiger partial charge in [0.1, 0.15) is 11.5 Å². The summed E-state index contributed by atoms with van der Waals surface area (Å²) in [5, 5.41) is 14.3. The highest BCUT2D eigenvalue weighted by atomic mass is 19.1. The molecule has 1 saturated carbocycles. The van der Waals surface area contributed by atoms with Crippen LogP contribution >= 0.6 is 0 Å². The molecule has 27 heavy (non-hydrogen) atoms. The largest absolute Gasteiger partial charge is 0.378 e. The fourth-order valence-electron chi connectivity index (χ4n) is 3.42. The fraction of sp³-hybridized carbons (Fsp3) is 0.444. The van der Waals surface area contributed by atoms with Crippen molar-refractivity contribution >= 4 is 17.5 Å². The van der Waals surface area contributed by atoms with Crippen molar-refractivity contribution < 1.29 is 9.31 Å². The summed E-state index contributed by atoms with van der Waals surface area (Å²) < 4.78 is 13.8. The summed E-state index contributed by atoms with van der Waals surface area (Å²) in [7, 11) is 0. The number of rotatable bonds is 6. The lowest BCUT2D eigenvalue weighted by Crippen LogP contribution is -2.27. The molecule has 0 atom stereocenters. The minimum absolute atomic E-state index is 0.154. The summed E-state index contributed by atoms with van der Waals surface area (Å²) in [6, 6.07) is 6.53. The maximum Gasteiger partial charge on any atom is 0.332 e. The number of nitrogens with one attached hydrogen (secondary N) is 1. The monoisotopic (exact) mass is 374 g/mol. The maximum absolute atomic E-state index is 13.8. The minimum Gasteiger partial charge on any atom is -0.378 e. The zero-order valence-corrected chi connectivity index (χ0v) is 14.9. The summed E-state index contributed by atoms with van der Waals surface area (Å²) in [5.74, 6) is -0.103. The molecule has 0 unspecified atom stereocenters. The third-order valence-electron chi connectivity index (χ3n) is 4.93. The van der Waals surface area contributed by atoms with Gasteiger partial charge in [0.2, 0.25) is 11.8 Å². The van der Waals surface area contributed by atoms with Crippen LogP contribution in [0.5, 0.6) is 0 Å². The number of nitrogens with two attached hydrogens (primary N) is 2. The van der Waals surface area contributed by atoms with Gasteiger partial charge in [-0.15, -0.1) is 0 Å². The number of aromatic nitrogens is 2. The van der Waals surface area contributed by atoms with Gasteiger partial charge < -0.3 is 16.8 Å². The van der Waals surface area contributed by atoms with Crippen LogP contribution in [0.4, 0.5) is 21.8 Å². The molecule has 144 valence electrons. The van der Waals surface area contributed by atoms with Crippen molar-refractivity contribution in [3.8, 4) is 0 Å². The van der Waals surface area contributed by atoms with E-state index in [4.69, 9.17) is 11.5 Å². The highest BCUT2D eigenvalue weighted by Gasteiger charge is 2.27. The molecule has 1 aromatic heterocycles. The van der Waals surface area contributed by atoms with Crippen LogP contribution in [0.2, 0.25) is 0 Å². The van der Waals surface area contributed by atoms with E-state index in [1.165, 1.54) is 6.07 Å². The number of anilines is 2. The van der Waals surface area contributed by atoms with Gasteiger partial charge in [0.15, 0.2) is 0 Å². The van der Waals surface area contributed by atoms with Gasteiger partial charge in [-0.1, -0.05) is 18.2 Å². The Morgan fingerprint density at radius 1 is 1.22 bits per heavy atom. The van der Waals surface area contributed by atoms with Crippen LogP contribution < -0.4 is 16.8 Å². The summed E-state index contributed by atoms with van der Waals surface area (Å²) in [5.41, 5.74) is 12.3. The molecule has 1 aromatic carbocycles. The number of nitrogens with zero attached hydrogens (tertiary/aromatic N) is 3. The quantitative estimate of drug-likeness (QED) is 0.523. The fourth-order valence-corrected chi connectivity index (χ4v) is 3.42. The number of hydrogen-bond acceptors (Lipinski definition) is 7. The Balaban J connectivity index is 1.80. The zero-order chi connectivity index (χ0) is 19.4. The molecular formula is C18H23FN6O2. The Kier molecular flexibility index (Phi) is 5.80. The van der Waals surface area contributed by atoms with Crippen molar-refractivity contribution in [2.75, 3.05) is 11.1 Å². The third kappa shape index (κ3) is 4.68. The molecule has 1 aliphatic rings. The first-order chi connectivity index (χ1) is 12.9. The molecule has 9 heteroatoms. The maximum atomic E-state index is 13.8. The van der Waals surface area contributed by atoms with Crippen LogP contribution in [0.3, 0.4) is 0 Å². The van der Waals surface area contributed by atoms with E-state index < -0.39 is 4.92 Å². The molecular weight excluding hydrogens is 351 g/mol. The minimum atomic E-state index is -0.542. The lowest BCUT2D eigenvalue weighted by molar-refractivity contribution is -0.385. The van der Waals surface area contributed by atoms with E-state index >= 15 is 0 Å². The van der Waals surface area contributed by atoms with Crippen LogP contribution in [-0.4, -0.2) is 20.9 Å². The van der Waals surface area contributed by atoms with Crippen LogP contribution in [-0.2, 0) is 13.0 Å². The van der Waals surface area contributed by atoms with Gasteiger partial charge in [0, 0.05) is 18.2 Å². The number of hydrogen-bond donors (Lipinski definition) is 3. The molecule has 0 spiro atoms. The van der Waals surface area contributed by atoms with E-state index in [0.29, 0.717) is 17.7 Å². The number of nitrogen functional groups attached to an aromatic ring is 1. The topological polar surface area (TPSA) is 133 Å². The van der Waals surface area contributed by atoms with Crippen LogP contribution in [0.15, 0.2) is 24.3 Å². The van der Waals surface area contributed by atoms with Crippen LogP contribution in [0.25, 0.3) is 0 Å². The molecule has 1 aliphatic carbocycles. The Morgan fingerprint density at radius 3 is 2.59 bits per heavy atom. The molecule has 2 aromatic rings. The van der Waals surface area contributed by atoms with E-state index in [2.05, 4.69) is 15.3 Å². The average Bonchev–Trinajstić information content (AvgIpc) is 2.62. The third-order valence-corrected chi connectivity index (χ3v) is 4.93. The lowest BCUT2D eigenvalue weighted by atomic mass is 9.83. The smallest absolute Gasteiger partial charge is 0.332 e. The molecule has 0 aliphatic heterocycles. The predicted octanol–water partition coefficient (Wildman–Crippen LogP) is 2.78. The lowest BCUT2D eigenvalue weighted by Gasteiger charge is -2.25. The number of halogens is 1. The molecule has 5 N–H and O–H groups in total. The van der Waals surface area contributed by atoms with Crippen molar-refractivity contribution in [2.45, 2.75) is 44.7 Å². The van der Waals surface area contributed by atoms with Gasteiger partial charge in [-0.2, -0.15) is 4.98 Å². The summed E-state index contributed by atoms with van der Waals surface area (Å²) >= 11 is 0. The number of nitro groups is 1. The molecule has 1 fully saturated rings. The first-order valence-electron chi connectivity index (χ1n) is 8.97. The average molecular weight is 374 g/mol. The highest BCUT2D eigenvalue weighted by molar-refractivity contribution is 5.58. The Labute approximate surface area is 156 Å². The van der Waals surface area contributed by atoms with Crippen molar-refractivity contribution in [3.05, 3.63) is 51.5 Å². The molecule has 8 nitrogen and oxygen atoms in total. The molecule has 3 rings (SSSR count). The summed E-state index contributed by atoms with van der Waals surface area (Å²) in [6.45, 7) is 0.154. The van der Waals surface area contributed by atoms with E-state index in [0.717, 1.165) is 25.7 Å².